The van der Waals surface area contributed by atoms with E-state index in [1.165, 1.54) is 12.1 Å². The molecule has 2 rings (SSSR count). The molecule has 18 heavy (non-hydrogen) atoms. The number of hydrogen-bond donors (Lipinski definition) is 1. The summed E-state index contributed by atoms with van der Waals surface area (Å²) >= 11 is 0. The highest BCUT2D eigenvalue weighted by atomic mass is 19.1. The van der Waals surface area contributed by atoms with E-state index in [0.29, 0.717) is 0 Å². The fourth-order valence-corrected chi connectivity index (χ4v) is 2.11. The van der Waals surface area contributed by atoms with Gasteiger partial charge in [-0.1, -0.05) is 6.07 Å². The molecule has 0 atom stereocenters. The SMILES string of the molecule is CCN(c1cc(C)cc(N)c1)c1cccc(F)c1. The van der Waals surface area contributed by atoms with Crippen LogP contribution in [0, 0.1) is 12.7 Å². The van der Waals surface area contributed by atoms with Crippen LogP contribution in [-0.4, -0.2) is 6.54 Å². The molecule has 0 aliphatic heterocycles. The number of benzene rings is 2. The Hall–Kier alpha value is -2.03. The van der Waals surface area contributed by atoms with E-state index in [2.05, 4.69) is 0 Å². The number of nitrogen functional groups attached to an aromatic ring is 1. The van der Waals surface area contributed by atoms with E-state index >= 15 is 0 Å². The Balaban J connectivity index is 2.45. The molecule has 0 saturated heterocycles. The van der Waals surface area contributed by atoms with Gasteiger partial charge in [0.2, 0.25) is 0 Å². The van der Waals surface area contributed by atoms with Crippen molar-refractivity contribution in [3.63, 3.8) is 0 Å². The summed E-state index contributed by atoms with van der Waals surface area (Å²) in [6.45, 7) is 4.79. The van der Waals surface area contributed by atoms with Crippen molar-refractivity contribution in [3.05, 3.63) is 53.8 Å². The van der Waals surface area contributed by atoms with Crippen LogP contribution in [0.5, 0.6) is 0 Å². The van der Waals surface area contributed by atoms with Crippen LogP contribution in [0.4, 0.5) is 21.5 Å². The normalized spacial score (nSPS) is 10.4. The first-order chi connectivity index (χ1) is 8.60. The van der Waals surface area contributed by atoms with Crippen molar-refractivity contribution in [1.82, 2.24) is 0 Å². The number of anilines is 3. The van der Waals surface area contributed by atoms with E-state index in [1.807, 2.05) is 43.0 Å². The Bertz CT molecular complexity index is 532. The third kappa shape index (κ3) is 2.62. The molecule has 3 heteroatoms. The minimum atomic E-state index is -0.230. The van der Waals surface area contributed by atoms with E-state index in [0.717, 1.165) is 29.2 Å². The van der Waals surface area contributed by atoms with Crippen LogP contribution in [0.3, 0.4) is 0 Å². The van der Waals surface area contributed by atoms with Gasteiger partial charge in [-0.15, -0.1) is 0 Å². The lowest BCUT2D eigenvalue weighted by molar-refractivity contribution is 0.627. The molecule has 0 amide bonds. The zero-order chi connectivity index (χ0) is 13.1. The van der Waals surface area contributed by atoms with Gasteiger partial charge in [0.15, 0.2) is 0 Å². The summed E-state index contributed by atoms with van der Waals surface area (Å²) in [5, 5.41) is 0. The van der Waals surface area contributed by atoms with Crippen LogP contribution in [-0.2, 0) is 0 Å². The van der Waals surface area contributed by atoms with Crippen molar-refractivity contribution in [1.29, 1.82) is 0 Å². The first-order valence-corrected chi connectivity index (χ1v) is 6.00. The predicted octanol–water partition coefficient (Wildman–Crippen LogP) is 3.87. The Labute approximate surface area is 107 Å². The molecule has 0 bridgehead atoms. The second-order valence-electron chi connectivity index (χ2n) is 4.33. The van der Waals surface area contributed by atoms with Crippen molar-refractivity contribution < 1.29 is 4.39 Å². The highest BCUT2D eigenvalue weighted by molar-refractivity contribution is 5.67. The molecule has 0 aromatic heterocycles. The van der Waals surface area contributed by atoms with Crippen LogP contribution >= 0.6 is 0 Å². The average Bonchev–Trinajstić information content (AvgIpc) is 2.28. The standard InChI is InChI=1S/C15H17FN2/c1-3-18(14-6-4-5-12(16)9-14)15-8-11(2)7-13(17)10-15/h4-10H,3,17H2,1-2H3. The molecule has 0 radical (unpaired) electrons. The zero-order valence-corrected chi connectivity index (χ0v) is 10.7. The first kappa shape index (κ1) is 12.4. The molecular weight excluding hydrogens is 227 g/mol. The fourth-order valence-electron chi connectivity index (χ4n) is 2.11. The van der Waals surface area contributed by atoms with Gasteiger partial charge in [-0.25, -0.2) is 4.39 Å². The van der Waals surface area contributed by atoms with Crippen molar-refractivity contribution >= 4 is 17.1 Å². The van der Waals surface area contributed by atoms with Gasteiger partial charge < -0.3 is 10.6 Å². The van der Waals surface area contributed by atoms with E-state index < -0.39 is 0 Å². The first-order valence-electron chi connectivity index (χ1n) is 6.00. The van der Waals surface area contributed by atoms with Crippen molar-refractivity contribution in [2.75, 3.05) is 17.2 Å². The molecule has 2 aromatic carbocycles. The van der Waals surface area contributed by atoms with Crippen LogP contribution in [0.2, 0.25) is 0 Å². The molecule has 0 saturated carbocycles. The molecule has 0 spiro atoms. The van der Waals surface area contributed by atoms with Crippen LogP contribution < -0.4 is 10.6 Å². The highest BCUT2D eigenvalue weighted by Crippen LogP contribution is 2.28. The van der Waals surface area contributed by atoms with Crippen molar-refractivity contribution in [3.8, 4) is 0 Å². The maximum absolute atomic E-state index is 13.3. The Morgan fingerprint density at radius 1 is 1.11 bits per heavy atom. The minimum Gasteiger partial charge on any atom is -0.399 e. The lowest BCUT2D eigenvalue weighted by atomic mass is 10.1. The van der Waals surface area contributed by atoms with E-state index in [4.69, 9.17) is 5.73 Å². The number of nitrogens with zero attached hydrogens (tertiary/aromatic N) is 1. The van der Waals surface area contributed by atoms with Gasteiger partial charge in [-0.05, 0) is 55.8 Å². The van der Waals surface area contributed by atoms with Gasteiger partial charge in [0.05, 0.1) is 0 Å². The van der Waals surface area contributed by atoms with E-state index in [-0.39, 0.29) is 5.82 Å². The molecule has 94 valence electrons. The smallest absolute Gasteiger partial charge is 0.125 e. The van der Waals surface area contributed by atoms with Crippen molar-refractivity contribution in [2.24, 2.45) is 0 Å². The number of rotatable bonds is 3. The summed E-state index contributed by atoms with van der Waals surface area (Å²) in [7, 11) is 0. The van der Waals surface area contributed by atoms with Crippen LogP contribution in [0.1, 0.15) is 12.5 Å². The second-order valence-corrected chi connectivity index (χ2v) is 4.33. The molecule has 0 aliphatic rings. The molecule has 0 heterocycles. The molecule has 2 aromatic rings. The van der Waals surface area contributed by atoms with Gasteiger partial charge in [0.1, 0.15) is 5.82 Å². The zero-order valence-electron chi connectivity index (χ0n) is 10.7. The summed E-state index contributed by atoms with van der Waals surface area (Å²) in [4.78, 5) is 2.03. The van der Waals surface area contributed by atoms with E-state index in [1.54, 1.807) is 6.07 Å². The summed E-state index contributed by atoms with van der Waals surface area (Å²) in [6.07, 6.45) is 0. The largest absolute Gasteiger partial charge is 0.399 e. The van der Waals surface area contributed by atoms with Gasteiger partial charge in [-0.3, -0.25) is 0 Å². The Morgan fingerprint density at radius 3 is 2.50 bits per heavy atom. The fraction of sp³-hybridized carbons (Fsp3) is 0.200. The third-order valence-corrected chi connectivity index (χ3v) is 2.83. The average molecular weight is 244 g/mol. The Kier molecular flexibility index (Phi) is 3.51. The summed E-state index contributed by atoms with van der Waals surface area (Å²) in [6, 6.07) is 12.5. The maximum atomic E-state index is 13.3. The molecule has 2 N–H and O–H groups in total. The maximum Gasteiger partial charge on any atom is 0.125 e. The number of halogens is 1. The number of nitrogens with two attached hydrogens (primary N) is 1. The highest BCUT2D eigenvalue weighted by Gasteiger charge is 2.08. The monoisotopic (exact) mass is 244 g/mol. The van der Waals surface area contributed by atoms with Crippen molar-refractivity contribution in [2.45, 2.75) is 13.8 Å². The van der Waals surface area contributed by atoms with Gasteiger partial charge in [0.25, 0.3) is 0 Å². The topological polar surface area (TPSA) is 29.3 Å². The number of aryl methyl sites for hydroxylation is 1. The van der Waals surface area contributed by atoms with Gasteiger partial charge in [0, 0.05) is 23.6 Å². The molecule has 0 aliphatic carbocycles. The van der Waals surface area contributed by atoms with Crippen LogP contribution in [0.15, 0.2) is 42.5 Å². The third-order valence-electron chi connectivity index (χ3n) is 2.83. The van der Waals surface area contributed by atoms with Crippen LogP contribution in [0.25, 0.3) is 0 Å². The predicted molar refractivity (Wildman–Crippen MR) is 74.7 cm³/mol. The second kappa shape index (κ2) is 5.08. The lowest BCUT2D eigenvalue weighted by Crippen LogP contribution is -2.16. The molecule has 0 unspecified atom stereocenters. The number of hydrogen-bond acceptors (Lipinski definition) is 2. The quantitative estimate of drug-likeness (QED) is 0.830. The van der Waals surface area contributed by atoms with E-state index in [9.17, 15) is 4.39 Å². The molecule has 0 fully saturated rings. The minimum absolute atomic E-state index is 0.230. The molecular formula is C15H17FN2. The Morgan fingerprint density at radius 2 is 1.89 bits per heavy atom. The lowest BCUT2D eigenvalue weighted by Gasteiger charge is -2.24. The summed E-state index contributed by atoms with van der Waals surface area (Å²) in [5.41, 5.74) is 9.50. The summed E-state index contributed by atoms with van der Waals surface area (Å²) in [5.74, 6) is -0.230. The van der Waals surface area contributed by atoms with Gasteiger partial charge >= 0.3 is 0 Å². The van der Waals surface area contributed by atoms with Gasteiger partial charge in [-0.2, -0.15) is 0 Å². The molecule has 2 nitrogen and oxygen atoms in total. The summed E-state index contributed by atoms with van der Waals surface area (Å²) < 4.78 is 13.3.